The Hall–Kier alpha value is -0.660. The Morgan fingerprint density at radius 1 is 1.44 bits per heavy atom. The molecule has 0 unspecified atom stereocenters. The van der Waals surface area contributed by atoms with Crippen molar-refractivity contribution in [3.63, 3.8) is 0 Å². The van der Waals surface area contributed by atoms with Crippen LogP contribution in [0.25, 0.3) is 0 Å². The molecule has 2 atom stereocenters. The number of hydrogen-bond acceptors (Lipinski definition) is 6. The van der Waals surface area contributed by atoms with Crippen LogP contribution in [0, 0.1) is 0 Å². The molecule has 2 saturated heterocycles. The normalized spacial score (nSPS) is 34.9. The maximum Gasteiger partial charge on any atom is 0.341 e. The smallest absolute Gasteiger partial charge is 0.341 e. The van der Waals surface area contributed by atoms with Gasteiger partial charge in [-0.25, -0.2) is 13.2 Å². The number of nitrogens with one attached hydrogen (secondary N) is 1. The van der Waals surface area contributed by atoms with E-state index in [0.29, 0.717) is 0 Å². The summed E-state index contributed by atoms with van der Waals surface area (Å²) in [7, 11) is -3.31. The number of carbonyl (C=O) groups excluding carboxylic acids is 1. The Morgan fingerprint density at radius 2 is 2.11 bits per heavy atom. The second-order valence-electron chi connectivity index (χ2n) is 5.73. The van der Waals surface area contributed by atoms with Crippen LogP contribution in [-0.4, -0.2) is 56.3 Å². The largest absolute Gasteiger partial charge is 0.458 e. The molecule has 2 aliphatic rings. The molecule has 0 aliphatic carbocycles. The molecule has 0 spiro atoms. The minimum atomic E-state index is -3.31. The van der Waals surface area contributed by atoms with E-state index in [9.17, 15) is 13.2 Å². The van der Waals surface area contributed by atoms with Crippen LogP contribution in [0.3, 0.4) is 0 Å². The van der Waals surface area contributed by atoms with Gasteiger partial charge in [0.2, 0.25) is 0 Å². The molecular formula is C11H19NO5S. The lowest BCUT2D eigenvalue weighted by Crippen LogP contribution is -2.60. The van der Waals surface area contributed by atoms with Crippen molar-refractivity contribution in [3.8, 4) is 0 Å². The first-order chi connectivity index (χ1) is 8.17. The van der Waals surface area contributed by atoms with Gasteiger partial charge in [-0.1, -0.05) is 0 Å². The third-order valence-electron chi connectivity index (χ3n) is 3.14. The summed E-state index contributed by atoms with van der Waals surface area (Å²) in [5, 5.41) is 2.08. The van der Waals surface area contributed by atoms with E-state index in [-0.39, 0.29) is 25.4 Å². The van der Waals surface area contributed by atoms with Gasteiger partial charge in [0, 0.05) is 13.1 Å². The number of sulfone groups is 1. The fraction of sp³-hybridized carbons (Fsp3) is 0.909. The molecule has 0 saturated carbocycles. The molecule has 1 N–H and O–H groups in total. The van der Waals surface area contributed by atoms with Crippen LogP contribution in [-0.2, 0) is 24.1 Å². The summed E-state index contributed by atoms with van der Waals surface area (Å²) in [6.07, 6.45) is 0. The Labute approximate surface area is 107 Å². The summed E-state index contributed by atoms with van der Waals surface area (Å²) in [6, 6.07) is 0. The Kier molecular flexibility index (Phi) is 3.19. The van der Waals surface area contributed by atoms with Gasteiger partial charge in [0.05, 0.1) is 12.4 Å². The van der Waals surface area contributed by atoms with Crippen molar-refractivity contribution in [2.75, 3.05) is 25.4 Å². The average molecular weight is 277 g/mol. The monoisotopic (exact) mass is 277 g/mol. The molecule has 0 radical (unpaired) electrons. The molecule has 0 amide bonds. The highest BCUT2D eigenvalue weighted by atomic mass is 32.2. The van der Waals surface area contributed by atoms with Crippen LogP contribution in [0.1, 0.15) is 20.8 Å². The van der Waals surface area contributed by atoms with Crippen molar-refractivity contribution in [2.45, 2.75) is 37.2 Å². The van der Waals surface area contributed by atoms with Crippen LogP contribution in [0.15, 0.2) is 0 Å². The minimum Gasteiger partial charge on any atom is -0.458 e. The van der Waals surface area contributed by atoms with Crippen molar-refractivity contribution in [2.24, 2.45) is 0 Å². The Balaban J connectivity index is 2.31. The van der Waals surface area contributed by atoms with Crippen molar-refractivity contribution in [3.05, 3.63) is 0 Å². The summed E-state index contributed by atoms with van der Waals surface area (Å²) in [5.74, 6) is -0.627. The predicted molar refractivity (Wildman–Crippen MR) is 65.0 cm³/mol. The van der Waals surface area contributed by atoms with Gasteiger partial charge in [-0.2, -0.15) is 0 Å². The maximum atomic E-state index is 12.3. The highest BCUT2D eigenvalue weighted by Gasteiger charge is 2.60. The highest BCUT2D eigenvalue weighted by Crippen LogP contribution is 2.33. The van der Waals surface area contributed by atoms with E-state index in [1.165, 1.54) is 0 Å². The quantitative estimate of drug-likeness (QED) is 0.650. The van der Waals surface area contributed by atoms with Gasteiger partial charge in [0.1, 0.15) is 10.9 Å². The van der Waals surface area contributed by atoms with Crippen LogP contribution in [0.4, 0.5) is 0 Å². The molecule has 0 aromatic heterocycles. The molecule has 2 heterocycles. The van der Waals surface area contributed by atoms with Crippen LogP contribution in [0.2, 0.25) is 0 Å². The van der Waals surface area contributed by atoms with E-state index in [2.05, 4.69) is 5.32 Å². The molecule has 2 rings (SSSR count). The number of ether oxygens (including phenoxy) is 2. The summed E-state index contributed by atoms with van der Waals surface area (Å²) in [4.78, 5) is 12.3. The van der Waals surface area contributed by atoms with Gasteiger partial charge in [0.25, 0.3) is 0 Å². The third kappa shape index (κ3) is 2.26. The summed E-state index contributed by atoms with van der Waals surface area (Å²) in [6.45, 7) is 5.70. The maximum absolute atomic E-state index is 12.3. The van der Waals surface area contributed by atoms with Crippen molar-refractivity contribution in [1.29, 1.82) is 0 Å². The lowest BCUT2D eigenvalue weighted by Gasteiger charge is -2.37. The summed E-state index contributed by atoms with van der Waals surface area (Å²) in [5.41, 5.74) is -2.03. The van der Waals surface area contributed by atoms with Gasteiger partial charge < -0.3 is 14.8 Å². The minimum absolute atomic E-state index is 0.0378. The van der Waals surface area contributed by atoms with E-state index in [1.807, 2.05) is 0 Å². The summed E-state index contributed by atoms with van der Waals surface area (Å²) >= 11 is 0. The molecule has 6 nitrogen and oxygen atoms in total. The number of rotatable bonds is 1. The molecule has 0 bridgehead atoms. The van der Waals surface area contributed by atoms with E-state index < -0.39 is 32.3 Å². The second kappa shape index (κ2) is 4.18. The van der Waals surface area contributed by atoms with Gasteiger partial charge in [0.15, 0.2) is 15.4 Å². The highest BCUT2D eigenvalue weighted by molar-refractivity contribution is 7.92. The van der Waals surface area contributed by atoms with Crippen molar-refractivity contribution in [1.82, 2.24) is 5.32 Å². The van der Waals surface area contributed by atoms with Crippen molar-refractivity contribution >= 4 is 15.8 Å². The van der Waals surface area contributed by atoms with Crippen LogP contribution < -0.4 is 5.32 Å². The second-order valence-corrected chi connectivity index (χ2v) is 8.03. The zero-order valence-electron chi connectivity index (χ0n) is 10.9. The Bertz CT molecular complexity index is 453. The predicted octanol–water partition coefficient (Wildman–Crippen LogP) is -0.516. The van der Waals surface area contributed by atoms with E-state index in [4.69, 9.17) is 9.47 Å². The molecule has 0 aromatic carbocycles. The molecular weight excluding hydrogens is 258 g/mol. The number of carbonyl (C=O) groups is 1. The first-order valence-electron chi connectivity index (χ1n) is 5.97. The fourth-order valence-corrected chi connectivity index (χ4v) is 4.14. The van der Waals surface area contributed by atoms with E-state index in [1.54, 1.807) is 20.8 Å². The third-order valence-corrected chi connectivity index (χ3v) is 5.29. The van der Waals surface area contributed by atoms with Gasteiger partial charge in [-0.15, -0.1) is 0 Å². The number of esters is 1. The first kappa shape index (κ1) is 13.8. The van der Waals surface area contributed by atoms with Crippen LogP contribution in [0.5, 0.6) is 0 Å². The standard InChI is InChI=1S/C11H19NO5S/c1-10(2,3)17-9(13)11-7-12-6-8(11)18(14,15)5-4-16-11/h8,12H,4-7H2,1-3H3/t8-,11+/m1/s1. The Morgan fingerprint density at radius 3 is 2.72 bits per heavy atom. The van der Waals surface area contributed by atoms with Gasteiger partial charge in [-0.3, -0.25) is 0 Å². The van der Waals surface area contributed by atoms with Gasteiger partial charge in [-0.05, 0) is 20.8 Å². The zero-order valence-corrected chi connectivity index (χ0v) is 11.7. The van der Waals surface area contributed by atoms with E-state index >= 15 is 0 Å². The lowest BCUT2D eigenvalue weighted by molar-refractivity contribution is -0.181. The fourth-order valence-electron chi connectivity index (χ4n) is 2.34. The first-order valence-corrected chi connectivity index (χ1v) is 7.69. The van der Waals surface area contributed by atoms with Crippen molar-refractivity contribution < 1.29 is 22.7 Å². The lowest BCUT2D eigenvalue weighted by atomic mass is 10.0. The topological polar surface area (TPSA) is 81.7 Å². The molecule has 2 fully saturated rings. The van der Waals surface area contributed by atoms with Crippen LogP contribution >= 0.6 is 0 Å². The number of fused-ring (bicyclic) bond motifs is 1. The molecule has 18 heavy (non-hydrogen) atoms. The average Bonchev–Trinajstić information content (AvgIpc) is 2.60. The van der Waals surface area contributed by atoms with E-state index in [0.717, 1.165) is 0 Å². The van der Waals surface area contributed by atoms with Gasteiger partial charge >= 0.3 is 5.97 Å². The zero-order chi connectivity index (χ0) is 13.6. The number of hydrogen-bond donors (Lipinski definition) is 1. The molecule has 0 aromatic rings. The SMILES string of the molecule is CC(C)(C)OC(=O)[C@]12CNC[C@H]1S(=O)(=O)CCO2. The molecule has 7 heteroatoms. The summed E-state index contributed by atoms with van der Waals surface area (Å²) < 4.78 is 34.8. The molecule has 104 valence electrons. The molecule has 2 aliphatic heterocycles.